The second-order valence-corrected chi connectivity index (χ2v) is 4.68. The van der Waals surface area contributed by atoms with Crippen molar-refractivity contribution in [2.24, 2.45) is 5.41 Å². The lowest BCUT2D eigenvalue weighted by atomic mass is 9.96. The van der Waals surface area contributed by atoms with Crippen LogP contribution in [0.3, 0.4) is 0 Å². The van der Waals surface area contributed by atoms with Crippen molar-refractivity contribution in [1.82, 2.24) is 4.90 Å². The average Bonchev–Trinajstić information content (AvgIpc) is 1.80. The second kappa shape index (κ2) is 4.05. The minimum absolute atomic E-state index is 0.343. The van der Waals surface area contributed by atoms with Gasteiger partial charge < -0.3 is 4.90 Å². The van der Waals surface area contributed by atoms with E-state index in [9.17, 15) is 0 Å². The van der Waals surface area contributed by atoms with Gasteiger partial charge in [0.05, 0.1) is 4.99 Å². The Hall–Kier alpha value is -0.110. The molecule has 0 bridgehead atoms. The first kappa shape index (κ1) is 10.9. The Morgan fingerprint density at radius 2 is 1.82 bits per heavy atom. The molecule has 0 aromatic rings. The summed E-state index contributed by atoms with van der Waals surface area (Å²) >= 11 is 5.11. The van der Waals surface area contributed by atoms with Crippen molar-refractivity contribution in [1.29, 1.82) is 0 Å². The number of rotatable bonds is 2. The van der Waals surface area contributed by atoms with Crippen LogP contribution in [0.2, 0.25) is 0 Å². The summed E-state index contributed by atoms with van der Waals surface area (Å²) in [6.07, 6.45) is 0. The van der Waals surface area contributed by atoms with E-state index in [1.165, 1.54) is 0 Å². The van der Waals surface area contributed by atoms with Gasteiger partial charge in [-0.15, -0.1) is 0 Å². The topological polar surface area (TPSA) is 3.24 Å². The number of hydrogen-bond donors (Lipinski definition) is 0. The molecule has 0 amide bonds. The second-order valence-electron chi connectivity index (χ2n) is 4.09. The largest absolute Gasteiger partial charge is 0.366 e. The molecule has 0 rings (SSSR count). The summed E-state index contributed by atoms with van der Waals surface area (Å²) in [5.41, 5.74) is 0.343. The molecular weight excluding hydrogens is 154 g/mol. The van der Waals surface area contributed by atoms with E-state index in [1.807, 2.05) is 6.92 Å². The molecule has 0 aromatic heterocycles. The molecule has 0 atom stereocenters. The molecule has 1 nitrogen and oxygen atoms in total. The first-order valence-corrected chi connectivity index (χ1v) is 4.53. The third kappa shape index (κ3) is 5.19. The van der Waals surface area contributed by atoms with Crippen molar-refractivity contribution in [3.8, 4) is 0 Å². The Labute approximate surface area is 75.8 Å². The van der Waals surface area contributed by atoms with Crippen molar-refractivity contribution < 1.29 is 0 Å². The molecule has 0 saturated heterocycles. The molecule has 0 unspecified atom stereocenters. The van der Waals surface area contributed by atoms with Crippen molar-refractivity contribution in [3.63, 3.8) is 0 Å². The molecular formula is C9H19NS. The Bertz CT molecular complexity index is 135. The van der Waals surface area contributed by atoms with Gasteiger partial charge in [-0.3, -0.25) is 0 Å². The summed E-state index contributed by atoms with van der Waals surface area (Å²) < 4.78 is 0. The fraction of sp³-hybridized carbons (Fsp3) is 0.889. The zero-order valence-electron chi connectivity index (χ0n) is 8.27. The normalized spacial score (nSPS) is 11.4. The number of thiocarbonyl (C=S) groups is 1. The SMILES string of the molecule is CCN(CC(C)(C)C)C(C)=S. The lowest BCUT2D eigenvalue weighted by Gasteiger charge is -2.29. The van der Waals surface area contributed by atoms with Gasteiger partial charge in [0.25, 0.3) is 0 Å². The summed E-state index contributed by atoms with van der Waals surface area (Å²) in [6, 6.07) is 0. The third-order valence-corrected chi connectivity index (χ3v) is 1.75. The molecule has 0 N–H and O–H groups in total. The van der Waals surface area contributed by atoms with Gasteiger partial charge in [-0.25, -0.2) is 0 Å². The van der Waals surface area contributed by atoms with Gasteiger partial charge >= 0.3 is 0 Å². The van der Waals surface area contributed by atoms with Gasteiger partial charge in [0.1, 0.15) is 0 Å². The van der Waals surface area contributed by atoms with Crippen LogP contribution in [-0.2, 0) is 0 Å². The Morgan fingerprint density at radius 3 is 1.91 bits per heavy atom. The number of nitrogens with zero attached hydrogens (tertiary/aromatic N) is 1. The summed E-state index contributed by atoms with van der Waals surface area (Å²) in [4.78, 5) is 3.23. The molecule has 11 heavy (non-hydrogen) atoms. The third-order valence-electron chi connectivity index (χ3n) is 1.49. The molecule has 0 aromatic carbocycles. The van der Waals surface area contributed by atoms with E-state index in [2.05, 4.69) is 32.6 Å². The first-order chi connectivity index (χ1) is 4.87. The van der Waals surface area contributed by atoms with Crippen LogP contribution < -0.4 is 0 Å². The van der Waals surface area contributed by atoms with E-state index < -0.39 is 0 Å². The van der Waals surface area contributed by atoms with Crippen LogP contribution >= 0.6 is 12.2 Å². The predicted molar refractivity (Wildman–Crippen MR) is 55.0 cm³/mol. The lowest BCUT2D eigenvalue weighted by Crippen LogP contribution is -2.35. The van der Waals surface area contributed by atoms with Crippen LogP contribution in [0.4, 0.5) is 0 Å². The van der Waals surface area contributed by atoms with Crippen LogP contribution in [0.5, 0.6) is 0 Å². The maximum absolute atomic E-state index is 5.11. The quantitative estimate of drug-likeness (QED) is 0.591. The van der Waals surface area contributed by atoms with Gasteiger partial charge in [-0.1, -0.05) is 33.0 Å². The highest BCUT2D eigenvalue weighted by Crippen LogP contribution is 2.15. The molecule has 0 fully saturated rings. The molecule has 0 saturated carbocycles. The van der Waals surface area contributed by atoms with Gasteiger partial charge in [-0.05, 0) is 19.3 Å². The lowest BCUT2D eigenvalue weighted by molar-refractivity contribution is 0.285. The van der Waals surface area contributed by atoms with E-state index in [0.29, 0.717) is 5.41 Å². The molecule has 2 heteroatoms. The zero-order chi connectivity index (χ0) is 9.07. The van der Waals surface area contributed by atoms with Crippen LogP contribution in [0.15, 0.2) is 0 Å². The van der Waals surface area contributed by atoms with Gasteiger partial charge in [-0.2, -0.15) is 0 Å². The van der Waals surface area contributed by atoms with Crippen molar-refractivity contribution in [2.75, 3.05) is 13.1 Å². The Morgan fingerprint density at radius 1 is 1.36 bits per heavy atom. The maximum Gasteiger partial charge on any atom is 0.0747 e. The standard InChI is InChI=1S/C9H19NS/c1-6-10(8(2)11)7-9(3,4)5/h6-7H2,1-5H3. The molecule has 0 heterocycles. The van der Waals surface area contributed by atoms with Gasteiger partial charge in [0, 0.05) is 13.1 Å². The summed E-state index contributed by atoms with van der Waals surface area (Å²) in [6.45, 7) is 12.9. The molecule has 0 aliphatic rings. The van der Waals surface area contributed by atoms with Crippen LogP contribution in [-0.4, -0.2) is 23.0 Å². The Balaban J connectivity index is 3.99. The smallest absolute Gasteiger partial charge is 0.0747 e. The fourth-order valence-corrected chi connectivity index (χ4v) is 1.21. The monoisotopic (exact) mass is 173 g/mol. The van der Waals surface area contributed by atoms with E-state index in [-0.39, 0.29) is 0 Å². The van der Waals surface area contributed by atoms with E-state index >= 15 is 0 Å². The van der Waals surface area contributed by atoms with E-state index in [1.54, 1.807) is 0 Å². The zero-order valence-corrected chi connectivity index (χ0v) is 9.09. The minimum Gasteiger partial charge on any atom is -0.366 e. The molecule has 66 valence electrons. The van der Waals surface area contributed by atoms with Crippen molar-refractivity contribution >= 4 is 17.2 Å². The summed E-state index contributed by atoms with van der Waals surface area (Å²) in [7, 11) is 0. The molecule has 0 radical (unpaired) electrons. The highest BCUT2D eigenvalue weighted by molar-refractivity contribution is 7.80. The van der Waals surface area contributed by atoms with Gasteiger partial charge in [0.15, 0.2) is 0 Å². The summed E-state index contributed by atoms with van der Waals surface area (Å²) in [5, 5.41) is 0. The molecule has 0 aliphatic carbocycles. The minimum atomic E-state index is 0.343. The molecule has 0 spiro atoms. The Kier molecular flexibility index (Phi) is 4.01. The van der Waals surface area contributed by atoms with Crippen LogP contribution in [0.1, 0.15) is 34.6 Å². The van der Waals surface area contributed by atoms with Crippen LogP contribution in [0, 0.1) is 5.41 Å². The molecule has 0 aliphatic heterocycles. The average molecular weight is 173 g/mol. The van der Waals surface area contributed by atoms with E-state index in [4.69, 9.17) is 12.2 Å². The number of hydrogen-bond acceptors (Lipinski definition) is 1. The first-order valence-electron chi connectivity index (χ1n) is 4.12. The van der Waals surface area contributed by atoms with E-state index in [0.717, 1.165) is 18.1 Å². The van der Waals surface area contributed by atoms with Crippen molar-refractivity contribution in [2.45, 2.75) is 34.6 Å². The maximum atomic E-state index is 5.11. The summed E-state index contributed by atoms with van der Waals surface area (Å²) in [5.74, 6) is 0. The predicted octanol–water partition coefficient (Wildman–Crippen LogP) is 2.70. The van der Waals surface area contributed by atoms with Crippen LogP contribution in [0.25, 0.3) is 0 Å². The van der Waals surface area contributed by atoms with Gasteiger partial charge in [0.2, 0.25) is 0 Å². The van der Waals surface area contributed by atoms with Crippen molar-refractivity contribution in [3.05, 3.63) is 0 Å². The highest BCUT2D eigenvalue weighted by atomic mass is 32.1. The highest BCUT2D eigenvalue weighted by Gasteiger charge is 2.14. The fourth-order valence-electron chi connectivity index (χ4n) is 1.02.